The van der Waals surface area contributed by atoms with Crippen LogP contribution in [0.5, 0.6) is 0 Å². The van der Waals surface area contributed by atoms with Gasteiger partial charge in [0.25, 0.3) is 5.70 Å². The average molecular weight is 527 g/mol. The van der Waals surface area contributed by atoms with Crippen LogP contribution in [0.2, 0.25) is 0 Å². The lowest BCUT2D eigenvalue weighted by Gasteiger charge is -2.09. The van der Waals surface area contributed by atoms with E-state index in [1.165, 1.54) is 0 Å². The third-order valence-electron chi connectivity index (χ3n) is 6.96. The molecular formula is C33H18N8. The predicted molar refractivity (Wildman–Crippen MR) is 155 cm³/mol. The van der Waals surface area contributed by atoms with E-state index in [9.17, 15) is 15.8 Å². The fourth-order valence-corrected chi connectivity index (χ4v) is 5.20. The van der Waals surface area contributed by atoms with E-state index in [1.54, 1.807) is 30.3 Å². The molecule has 0 aliphatic heterocycles. The Morgan fingerprint density at radius 1 is 0.780 bits per heavy atom. The first-order valence-corrected chi connectivity index (χ1v) is 12.6. The van der Waals surface area contributed by atoms with Gasteiger partial charge in [-0.3, -0.25) is 4.57 Å². The summed E-state index contributed by atoms with van der Waals surface area (Å²) >= 11 is 0. The number of rotatable bonds is 3. The molecule has 0 spiro atoms. The molecule has 8 nitrogen and oxygen atoms in total. The molecule has 1 aliphatic carbocycles. The Bertz CT molecular complexity index is 2030. The topological polar surface area (TPSA) is 111 Å². The Balaban J connectivity index is 1.72. The van der Waals surface area contributed by atoms with Gasteiger partial charge < -0.3 is 4.57 Å². The molecule has 0 unspecified atom stereocenters. The first-order chi connectivity index (χ1) is 20.1. The molecule has 0 atom stereocenters. The Hall–Kier alpha value is -6.48. The van der Waals surface area contributed by atoms with Crippen molar-refractivity contribution in [1.29, 1.82) is 15.8 Å². The molecule has 0 fully saturated rings. The summed E-state index contributed by atoms with van der Waals surface area (Å²) in [5.74, 6) is 1.22. The minimum Gasteiger partial charge on any atom is -0.310 e. The summed E-state index contributed by atoms with van der Waals surface area (Å²) in [5.41, 5.74) is 5.07. The van der Waals surface area contributed by atoms with Gasteiger partial charge in [0.15, 0.2) is 11.3 Å². The van der Waals surface area contributed by atoms with Gasteiger partial charge in [0, 0.05) is 29.4 Å². The smallest absolute Gasteiger partial charge is 0.270 e. The fourth-order valence-electron chi connectivity index (χ4n) is 5.20. The number of imidazole rings is 2. The SMILES string of the molecule is [C-]#[N+]/C(C#N)=C1\C(=C/c2nc3c(nc(-c4ccccc4)n3C)n2-c2ccccc2)C(=C(C#N)C#N)c2ccccc21. The molecule has 0 N–H and O–H groups in total. The van der Waals surface area contributed by atoms with Gasteiger partial charge in [-0.15, -0.1) is 0 Å². The molecule has 41 heavy (non-hydrogen) atoms. The van der Waals surface area contributed by atoms with Gasteiger partial charge in [-0.2, -0.15) is 10.5 Å². The van der Waals surface area contributed by atoms with E-state index in [-0.39, 0.29) is 11.3 Å². The molecule has 6 rings (SSSR count). The van der Waals surface area contributed by atoms with Gasteiger partial charge in [-0.1, -0.05) is 72.8 Å². The van der Waals surface area contributed by atoms with Crippen LogP contribution in [0.3, 0.4) is 0 Å². The zero-order chi connectivity index (χ0) is 28.5. The second kappa shape index (κ2) is 10.0. The van der Waals surface area contributed by atoms with E-state index in [1.807, 2.05) is 95.1 Å². The van der Waals surface area contributed by atoms with E-state index in [4.69, 9.17) is 16.5 Å². The third-order valence-corrected chi connectivity index (χ3v) is 6.96. The van der Waals surface area contributed by atoms with Crippen LogP contribution < -0.4 is 0 Å². The highest BCUT2D eigenvalue weighted by Gasteiger charge is 2.32. The van der Waals surface area contributed by atoms with Crippen molar-refractivity contribution in [3.63, 3.8) is 0 Å². The number of allylic oxidation sites excluding steroid dienone is 5. The molecule has 190 valence electrons. The molecular weight excluding hydrogens is 508 g/mol. The van der Waals surface area contributed by atoms with Crippen LogP contribution in [0.15, 0.2) is 102 Å². The molecule has 0 saturated carbocycles. The number of hydrogen-bond donors (Lipinski definition) is 0. The van der Waals surface area contributed by atoms with Crippen molar-refractivity contribution in [1.82, 2.24) is 19.1 Å². The molecule has 2 heterocycles. The van der Waals surface area contributed by atoms with E-state index in [0.717, 1.165) is 17.1 Å². The van der Waals surface area contributed by atoms with E-state index >= 15 is 0 Å². The monoisotopic (exact) mass is 526 g/mol. The van der Waals surface area contributed by atoms with Crippen LogP contribution in [0.4, 0.5) is 0 Å². The van der Waals surface area contributed by atoms with Crippen molar-refractivity contribution in [3.8, 4) is 35.3 Å². The molecule has 1 aliphatic rings. The van der Waals surface area contributed by atoms with Crippen molar-refractivity contribution in [2.75, 3.05) is 0 Å². The van der Waals surface area contributed by atoms with Crippen molar-refractivity contribution in [2.24, 2.45) is 7.05 Å². The maximum Gasteiger partial charge on any atom is 0.270 e. The minimum atomic E-state index is -0.138. The summed E-state index contributed by atoms with van der Waals surface area (Å²) in [5, 5.41) is 29.7. The van der Waals surface area contributed by atoms with Crippen LogP contribution in [0.25, 0.3) is 50.4 Å². The Morgan fingerprint density at radius 2 is 1.39 bits per heavy atom. The van der Waals surface area contributed by atoms with Gasteiger partial charge in [0.1, 0.15) is 29.4 Å². The summed E-state index contributed by atoms with van der Waals surface area (Å²) in [4.78, 5) is 13.4. The number of aryl methyl sites for hydroxylation is 1. The van der Waals surface area contributed by atoms with Crippen molar-refractivity contribution in [2.45, 2.75) is 0 Å². The largest absolute Gasteiger partial charge is 0.310 e. The fraction of sp³-hybridized carbons (Fsp3) is 0.0303. The summed E-state index contributed by atoms with van der Waals surface area (Å²) < 4.78 is 3.81. The number of nitriles is 3. The number of hydrogen-bond acceptors (Lipinski definition) is 5. The lowest BCUT2D eigenvalue weighted by molar-refractivity contribution is 0.933. The Kier molecular flexibility index (Phi) is 6.06. The second-order valence-electron chi connectivity index (χ2n) is 9.17. The van der Waals surface area contributed by atoms with Crippen LogP contribution in [-0.2, 0) is 7.05 Å². The zero-order valence-corrected chi connectivity index (χ0v) is 21.7. The average Bonchev–Trinajstić information content (AvgIpc) is 3.64. The standard InChI is InChI=1S/C33H18N8/c1-37-27(20-36)30-25-16-10-9-15-24(25)29(22(18-34)19-35)26(30)17-28-38-32-33(41(28)23-13-7-4-8-14-23)39-31(40(32)2)21-11-5-3-6-12-21/h3-17H,2H3/b26-17-,30-27-. The van der Waals surface area contributed by atoms with Crippen LogP contribution >= 0.6 is 0 Å². The highest BCUT2D eigenvalue weighted by atomic mass is 15.2. The van der Waals surface area contributed by atoms with Gasteiger partial charge in [-0.05, 0) is 34.9 Å². The summed E-state index contributed by atoms with van der Waals surface area (Å²) in [6.45, 7) is 7.71. The first kappa shape index (κ1) is 24.8. The molecule has 2 aromatic heterocycles. The number of fused-ring (bicyclic) bond motifs is 2. The lowest BCUT2D eigenvalue weighted by atomic mass is 9.97. The number of benzene rings is 3. The van der Waals surface area contributed by atoms with Crippen molar-refractivity contribution < 1.29 is 0 Å². The first-order valence-electron chi connectivity index (χ1n) is 12.6. The molecule has 0 bridgehead atoms. The van der Waals surface area contributed by atoms with E-state index in [2.05, 4.69) is 4.85 Å². The normalized spacial score (nSPS) is 14.2. The number of nitrogens with zero attached hydrogens (tertiary/aromatic N) is 8. The molecule has 0 amide bonds. The summed E-state index contributed by atoms with van der Waals surface area (Å²) in [6, 6.07) is 32.6. The highest BCUT2D eigenvalue weighted by molar-refractivity contribution is 6.14. The molecule has 0 saturated heterocycles. The quantitative estimate of drug-likeness (QED) is 0.197. The van der Waals surface area contributed by atoms with Crippen LogP contribution in [-0.4, -0.2) is 19.1 Å². The molecule has 0 radical (unpaired) electrons. The van der Waals surface area contributed by atoms with E-state index < -0.39 is 0 Å². The van der Waals surface area contributed by atoms with Gasteiger partial charge in [0.05, 0.1) is 12.6 Å². The summed E-state index contributed by atoms with van der Waals surface area (Å²) in [7, 11) is 1.90. The maximum atomic E-state index is 9.90. The van der Waals surface area contributed by atoms with Gasteiger partial charge >= 0.3 is 0 Å². The van der Waals surface area contributed by atoms with Crippen LogP contribution in [0.1, 0.15) is 17.0 Å². The number of para-hydroxylation sites is 1. The van der Waals surface area contributed by atoms with E-state index in [0.29, 0.717) is 45.0 Å². The second-order valence-corrected chi connectivity index (χ2v) is 9.17. The Morgan fingerprint density at radius 3 is 2.00 bits per heavy atom. The zero-order valence-electron chi connectivity index (χ0n) is 21.7. The van der Waals surface area contributed by atoms with Gasteiger partial charge in [-0.25, -0.2) is 20.1 Å². The Labute approximate surface area is 235 Å². The molecule has 8 heteroatoms. The lowest BCUT2D eigenvalue weighted by Crippen LogP contribution is -2.00. The predicted octanol–water partition coefficient (Wildman–Crippen LogP) is 6.48. The molecule has 5 aromatic rings. The van der Waals surface area contributed by atoms with Crippen LogP contribution in [0, 0.1) is 40.6 Å². The third kappa shape index (κ3) is 3.89. The highest BCUT2D eigenvalue weighted by Crippen LogP contribution is 2.49. The number of aromatic nitrogens is 4. The van der Waals surface area contributed by atoms with Crippen molar-refractivity contribution >= 4 is 28.5 Å². The minimum absolute atomic E-state index is 0.118. The van der Waals surface area contributed by atoms with Gasteiger partial charge in [0.2, 0.25) is 0 Å². The van der Waals surface area contributed by atoms with Crippen molar-refractivity contribution in [3.05, 3.63) is 130 Å². The molecule has 3 aromatic carbocycles. The maximum absolute atomic E-state index is 9.90. The summed E-state index contributed by atoms with van der Waals surface area (Å²) in [6.07, 6.45) is 1.73.